The molecule has 29 heavy (non-hydrogen) atoms. The first-order chi connectivity index (χ1) is 13.5. The van der Waals surface area contributed by atoms with Crippen molar-refractivity contribution in [3.63, 3.8) is 0 Å². The molecule has 5 atom stereocenters. The number of aliphatic hydroxyl groups excluding tert-OH is 2. The van der Waals surface area contributed by atoms with Gasteiger partial charge in [0.15, 0.2) is 28.6 Å². The molecule has 0 radical (unpaired) electrons. The lowest BCUT2D eigenvalue weighted by molar-refractivity contribution is -0.0496. The number of azide groups is 1. The van der Waals surface area contributed by atoms with Gasteiger partial charge in [0, 0.05) is 4.91 Å². The minimum atomic E-state index is -4.46. The van der Waals surface area contributed by atoms with E-state index in [4.69, 9.17) is 20.5 Å². The van der Waals surface area contributed by atoms with E-state index in [9.17, 15) is 24.8 Å². The molecule has 0 saturated carbocycles. The van der Waals surface area contributed by atoms with E-state index in [2.05, 4.69) is 25.0 Å². The smallest absolute Gasteiger partial charge is 0.358 e. The zero-order chi connectivity index (χ0) is 21.6. The first-order valence-electron chi connectivity index (χ1n) is 8.23. The third-order valence-corrected chi connectivity index (χ3v) is 6.20. The van der Waals surface area contributed by atoms with E-state index >= 15 is 0 Å². The molecule has 1 fully saturated rings. The highest BCUT2D eigenvalue weighted by Crippen LogP contribution is 2.54. The summed E-state index contributed by atoms with van der Waals surface area (Å²) in [5.41, 5.74) is 14.7. The number of nitrogens with two attached hydrogens (primary N) is 1. The van der Waals surface area contributed by atoms with Gasteiger partial charge in [0.2, 0.25) is 5.95 Å². The molecule has 1 aliphatic rings. The number of aromatic nitrogens is 4. The number of ether oxygens (including phenoxy) is 1. The fraction of sp³-hybridized carbons (Fsp3) is 0.615. The van der Waals surface area contributed by atoms with Crippen molar-refractivity contribution in [2.75, 3.05) is 12.3 Å². The van der Waals surface area contributed by atoms with E-state index in [0.717, 1.165) is 24.7 Å². The van der Waals surface area contributed by atoms with E-state index in [0.29, 0.717) is 0 Å². The maximum absolute atomic E-state index is 12.0. The molecule has 16 heteroatoms. The molecule has 0 aliphatic carbocycles. The van der Waals surface area contributed by atoms with Crippen molar-refractivity contribution in [2.24, 2.45) is 5.11 Å². The molecule has 0 bridgehead atoms. The van der Waals surface area contributed by atoms with Crippen LogP contribution in [-0.2, 0) is 13.8 Å². The van der Waals surface area contributed by atoms with Crippen LogP contribution < -0.4 is 5.73 Å². The summed E-state index contributed by atoms with van der Waals surface area (Å²) in [7, 11) is -4.46. The van der Waals surface area contributed by atoms with Gasteiger partial charge in [-0.3, -0.25) is 9.13 Å². The predicted octanol–water partition coefficient (Wildman–Crippen LogP) is -0.100. The highest BCUT2D eigenvalue weighted by atomic mass is 31.2. The monoisotopic (exact) mass is 430 g/mol. The molecule has 2 aromatic heterocycles. The Morgan fingerprint density at radius 3 is 2.76 bits per heavy atom. The number of hydrogen-bond acceptors (Lipinski definition) is 11. The third kappa shape index (κ3) is 3.77. The van der Waals surface area contributed by atoms with Gasteiger partial charge in [0.05, 0.1) is 6.61 Å². The molecule has 0 amide bonds. The van der Waals surface area contributed by atoms with Crippen molar-refractivity contribution in [3.05, 3.63) is 16.8 Å². The number of hydrogen-bond donors (Lipinski definition) is 5. The van der Waals surface area contributed by atoms with Gasteiger partial charge in [-0.25, -0.2) is 15.0 Å². The molecule has 6 N–H and O–H groups in total. The van der Waals surface area contributed by atoms with Crippen LogP contribution in [0.2, 0.25) is 0 Å². The molecule has 1 saturated heterocycles. The SMILES string of the molecule is CC(C)(O)P(=O)(O)OC[C@H]1O[C@@H](n2c(N=[N+]=[N-])nc3c(N)ncnc32)[C@H](O)[C@@H]1O. The Kier molecular flexibility index (Phi) is 5.51. The van der Waals surface area contributed by atoms with Gasteiger partial charge in [-0.05, 0) is 24.5 Å². The van der Waals surface area contributed by atoms with Gasteiger partial charge in [0.1, 0.15) is 24.6 Å². The van der Waals surface area contributed by atoms with Gasteiger partial charge in [0.25, 0.3) is 0 Å². The van der Waals surface area contributed by atoms with Crippen molar-refractivity contribution in [1.82, 2.24) is 19.5 Å². The van der Waals surface area contributed by atoms with Gasteiger partial charge in [-0.2, -0.15) is 0 Å². The topological polar surface area (TPSA) is 235 Å². The first kappa shape index (κ1) is 21.4. The molecule has 2 aromatic rings. The number of fused-ring (bicyclic) bond motifs is 1. The molecule has 158 valence electrons. The highest BCUT2D eigenvalue weighted by molar-refractivity contribution is 7.54. The summed E-state index contributed by atoms with van der Waals surface area (Å²) in [4.78, 5) is 24.2. The summed E-state index contributed by atoms with van der Waals surface area (Å²) in [6.07, 6.45) is -4.58. The van der Waals surface area contributed by atoms with Crippen LogP contribution in [0.15, 0.2) is 11.4 Å². The standard InChI is InChI=1S/C13H19N8O7P/c1-13(2,24)29(25,26)27-3-5-7(22)8(23)11(28-5)21-10-6(9(14)16-4-17-10)18-12(21)19-20-15/h4-5,7-8,11,22-24H,3H2,1-2H3,(H,25,26)(H2,14,16,17)/t5-,7-,8-,11-/m1/s1. The van der Waals surface area contributed by atoms with Crippen LogP contribution >= 0.6 is 7.60 Å². The second-order valence-electron chi connectivity index (χ2n) is 6.76. The largest absolute Gasteiger partial charge is 0.387 e. The van der Waals surface area contributed by atoms with Gasteiger partial charge >= 0.3 is 7.60 Å². The zero-order valence-corrected chi connectivity index (χ0v) is 16.2. The van der Waals surface area contributed by atoms with Gasteiger partial charge in [-0.15, -0.1) is 0 Å². The maximum atomic E-state index is 12.0. The molecule has 0 spiro atoms. The van der Waals surface area contributed by atoms with Crippen LogP contribution in [0.1, 0.15) is 20.1 Å². The molecule has 1 unspecified atom stereocenters. The van der Waals surface area contributed by atoms with Crippen LogP contribution in [0.3, 0.4) is 0 Å². The van der Waals surface area contributed by atoms with E-state index in [1.54, 1.807) is 0 Å². The number of imidazole rings is 1. The Hall–Kier alpha value is -2.35. The molecular formula is C13H19N8O7P. The lowest BCUT2D eigenvalue weighted by Gasteiger charge is -2.25. The number of aliphatic hydroxyl groups is 3. The predicted molar refractivity (Wildman–Crippen MR) is 96.5 cm³/mol. The van der Waals surface area contributed by atoms with E-state index in [1.165, 1.54) is 0 Å². The van der Waals surface area contributed by atoms with Crippen LogP contribution in [0.4, 0.5) is 11.8 Å². The number of nitrogens with zero attached hydrogens (tertiary/aromatic N) is 7. The lowest BCUT2D eigenvalue weighted by Crippen LogP contribution is -2.34. The second kappa shape index (κ2) is 7.48. The Labute approximate surface area is 162 Å². The summed E-state index contributed by atoms with van der Waals surface area (Å²) < 4.78 is 23.6. The Balaban J connectivity index is 1.93. The van der Waals surface area contributed by atoms with Crippen molar-refractivity contribution in [1.29, 1.82) is 0 Å². The number of anilines is 1. The summed E-state index contributed by atoms with van der Waals surface area (Å²) in [6.45, 7) is 1.56. The zero-order valence-electron chi connectivity index (χ0n) is 15.3. The quantitative estimate of drug-likeness (QED) is 0.175. The van der Waals surface area contributed by atoms with E-state index < -0.39 is 44.1 Å². The van der Waals surface area contributed by atoms with E-state index in [1.807, 2.05) is 0 Å². The Bertz CT molecular complexity index is 1020. The summed E-state index contributed by atoms with van der Waals surface area (Å²) in [6, 6.07) is 0. The average molecular weight is 430 g/mol. The lowest BCUT2D eigenvalue weighted by atomic mass is 10.1. The minimum absolute atomic E-state index is 0.0116. The fourth-order valence-corrected chi connectivity index (χ4v) is 3.34. The van der Waals surface area contributed by atoms with Crippen molar-refractivity contribution >= 4 is 30.5 Å². The van der Waals surface area contributed by atoms with Crippen molar-refractivity contribution in [3.8, 4) is 0 Å². The fourth-order valence-electron chi connectivity index (χ4n) is 2.67. The summed E-state index contributed by atoms with van der Waals surface area (Å²) >= 11 is 0. The van der Waals surface area contributed by atoms with Crippen LogP contribution in [0, 0.1) is 0 Å². The van der Waals surface area contributed by atoms with Crippen LogP contribution in [0.25, 0.3) is 21.6 Å². The first-order valence-corrected chi connectivity index (χ1v) is 9.80. The second-order valence-corrected chi connectivity index (χ2v) is 9.15. The third-order valence-electron chi connectivity index (χ3n) is 4.32. The molecule has 0 aromatic carbocycles. The highest BCUT2D eigenvalue weighted by Gasteiger charge is 2.47. The Morgan fingerprint density at radius 2 is 2.14 bits per heavy atom. The summed E-state index contributed by atoms with van der Waals surface area (Å²) in [5, 5.41) is 31.8. The minimum Gasteiger partial charge on any atom is -0.387 e. The van der Waals surface area contributed by atoms with Gasteiger partial charge < -0.3 is 35.2 Å². The molecule has 15 nitrogen and oxygen atoms in total. The van der Waals surface area contributed by atoms with Gasteiger partial charge in [-0.1, -0.05) is 0 Å². The van der Waals surface area contributed by atoms with Crippen molar-refractivity contribution in [2.45, 2.75) is 43.7 Å². The normalized spacial score (nSPS) is 27.0. The van der Waals surface area contributed by atoms with Crippen LogP contribution in [0.5, 0.6) is 0 Å². The Morgan fingerprint density at radius 1 is 1.45 bits per heavy atom. The number of nitrogen functional groups attached to an aromatic ring is 1. The van der Waals surface area contributed by atoms with Crippen molar-refractivity contribution < 1.29 is 34.0 Å². The van der Waals surface area contributed by atoms with Crippen LogP contribution in [-0.4, -0.2) is 70.0 Å². The number of rotatable bonds is 6. The van der Waals surface area contributed by atoms with E-state index in [-0.39, 0.29) is 22.9 Å². The molecule has 3 rings (SSSR count). The maximum Gasteiger partial charge on any atom is 0.358 e. The molecular weight excluding hydrogens is 411 g/mol. The average Bonchev–Trinajstić information content (AvgIpc) is 3.12. The summed E-state index contributed by atoms with van der Waals surface area (Å²) in [5.74, 6) is -0.265. The molecule has 3 heterocycles. The molecule has 1 aliphatic heterocycles.